The summed E-state index contributed by atoms with van der Waals surface area (Å²) in [5, 5.41) is 5.76. The van der Waals surface area contributed by atoms with Gasteiger partial charge >= 0.3 is 6.03 Å². The van der Waals surface area contributed by atoms with Crippen LogP contribution in [0.2, 0.25) is 0 Å². The number of thioether (sulfide) groups is 1. The molecule has 0 saturated heterocycles. The van der Waals surface area contributed by atoms with Gasteiger partial charge in [-0.2, -0.15) is 0 Å². The largest absolute Gasteiger partial charge is 0.494 e. The van der Waals surface area contributed by atoms with E-state index in [0.29, 0.717) is 31.1 Å². The number of fused-ring (bicyclic) bond motifs is 1. The van der Waals surface area contributed by atoms with Crippen molar-refractivity contribution < 1.29 is 14.3 Å². The highest BCUT2D eigenvalue weighted by Crippen LogP contribution is 2.38. The number of hydrogen-bond acceptors (Lipinski definition) is 4. The van der Waals surface area contributed by atoms with Crippen molar-refractivity contribution in [3.63, 3.8) is 0 Å². The van der Waals surface area contributed by atoms with E-state index in [2.05, 4.69) is 10.6 Å². The van der Waals surface area contributed by atoms with Gasteiger partial charge in [0.15, 0.2) is 0 Å². The molecular formula is C26H27N3O3S. The van der Waals surface area contributed by atoms with Crippen LogP contribution in [0.5, 0.6) is 5.75 Å². The third kappa shape index (κ3) is 5.68. The maximum atomic E-state index is 12.7. The number of para-hydroxylation sites is 1. The number of hydrogen-bond donors (Lipinski definition) is 2. The van der Waals surface area contributed by atoms with Crippen LogP contribution in [0.25, 0.3) is 0 Å². The topological polar surface area (TPSA) is 70.7 Å². The highest BCUT2D eigenvalue weighted by Gasteiger charge is 2.25. The lowest BCUT2D eigenvalue weighted by molar-refractivity contribution is -0.116. The first-order chi connectivity index (χ1) is 16.0. The van der Waals surface area contributed by atoms with Gasteiger partial charge in [0, 0.05) is 22.7 Å². The van der Waals surface area contributed by atoms with Gasteiger partial charge in [0.2, 0.25) is 5.91 Å². The molecule has 170 valence electrons. The molecular weight excluding hydrogens is 434 g/mol. The minimum Gasteiger partial charge on any atom is -0.494 e. The predicted octanol–water partition coefficient (Wildman–Crippen LogP) is 5.35. The summed E-state index contributed by atoms with van der Waals surface area (Å²) in [7, 11) is 0. The molecule has 3 aromatic carbocycles. The summed E-state index contributed by atoms with van der Waals surface area (Å²) in [6.45, 7) is 5.38. The Hall–Kier alpha value is -3.45. The second-order valence-corrected chi connectivity index (χ2v) is 8.80. The smallest absolute Gasteiger partial charge is 0.319 e. The number of amides is 3. The van der Waals surface area contributed by atoms with E-state index in [1.54, 1.807) is 4.90 Å². The van der Waals surface area contributed by atoms with Gasteiger partial charge in [-0.15, -0.1) is 11.8 Å². The molecule has 33 heavy (non-hydrogen) atoms. The van der Waals surface area contributed by atoms with Crippen LogP contribution in [-0.4, -0.2) is 24.3 Å². The van der Waals surface area contributed by atoms with E-state index in [1.807, 2.05) is 80.6 Å². The molecule has 7 heteroatoms. The highest BCUT2D eigenvalue weighted by molar-refractivity contribution is 8.00. The van der Waals surface area contributed by atoms with Crippen molar-refractivity contribution in [1.82, 2.24) is 5.32 Å². The first-order valence-electron chi connectivity index (χ1n) is 10.9. The van der Waals surface area contributed by atoms with Gasteiger partial charge in [-0.3, -0.25) is 4.79 Å². The van der Waals surface area contributed by atoms with Crippen molar-refractivity contribution in [2.45, 2.75) is 31.8 Å². The van der Waals surface area contributed by atoms with Crippen molar-refractivity contribution in [3.8, 4) is 5.75 Å². The third-order valence-electron chi connectivity index (χ3n) is 5.33. The summed E-state index contributed by atoms with van der Waals surface area (Å²) in [5.74, 6) is 1.23. The van der Waals surface area contributed by atoms with E-state index in [1.165, 1.54) is 17.3 Å². The molecule has 0 bridgehead atoms. The first-order valence-corrected chi connectivity index (χ1v) is 11.9. The van der Waals surface area contributed by atoms with Gasteiger partial charge in [-0.05, 0) is 43.7 Å². The van der Waals surface area contributed by atoms with Crippen molar-refractivity contribution in [2.75, 3.05) is 22.6 Å². The van der Waals surface area contributed by atoms with Crippen LogP contribution in [0.1, 0.15) is 23.6 Å². The predicted molar refractivity (Wildman–Crippen MR) is 133 cm³/mol. The van der Waals surface area contributed by atoms with E-state index < -0.39 is 0 Å². The van der Waals surface area contributed by atoms with E-state index in [4.69, 9.17) is 4.74 Å². The van der Waals surface area contributed by atoms with Crippen LogP contribution in [-0.2, 0) is 17.9 Å². The number of nitrogens with one attached hydrogen (secondary N) is 2. The zero-order chi connectivity index (χ0) is 23.2. The molecule has 1 aliphatic rings. The number of nitrogens with zero attached hydrogens (tertiary/aromatic N) is 1. The number of rotatable bonds is 7. The standard InChI is InChI=1S/C26H27N3O3S/c1-3-32-23-7-5-4-6-20(23)15-27-26(31)28-21-12-13-24-22(14-21)29(25(30)17-33-24)16-19-10-8-18(2)9-11-19/h4-14H,3,15-17H2,1-2H3,(H2,27,28,31). The Morgan fingerprint density at radius 1 is 1.09 bits per heavy atom. The second-order valence-electron chi connectivity index (χ2n) is 7.79. The molecule has 0 saturated carbocycles. The molecule has 0 aromatic heterocycles. The fraction of sp³-hybridized carbons (Fsp3) is 0.231. The van der Waals surface area contributed by atoms with Crippen molar-refractivity contribution in [3.05, 3.63) is 83.4 Å². The molecule has 1 heterocycles. The summed E-state index contributed by atoms with van der Waals surface area (Å²) in [4.78, 5) is 28.1. The first kappa shape index (κ1) is 22.7. The van der Waals surface area contributed by atoms with E-state index in [-0.39, 0.29) is 11.9 Å². The zero-order valence-electron chi connectivity index (χ0n) is 18.8. The zero-order valence-corrected chi connectivity index (χ0v) is 19.6. The summed E-state index contributed by atoms with van der Waals surface area (Å²) in [6, 6.07) is 21.2. The van der Waals surface area contributed by atoms with E-state index >= 15 is 0 Å². The summed E-state index contributed by atoms with van der Waals surface area (Å²) >= 11 is 1.52. The Morgan fingerprint density at radius 3 is 2.67 bits per heavy atom. The van der Waals surface area contributed by atoms with E-state index in [9.17, 15) is 9.59 Å². The minimum atomic E-state index is -0.318. The summed E-state index contributed by atoms with van der Waals surface area (Å²) in [6.07, 6.45) is 0. The Balaban J connectivity index is 1.45. The fourth-order valence-electron chi connectivity index (χ4n) is 3.63. The molecule has 0 spiro atoms. The van der Waals surface area contributed by atoms with Crippen LogP contribution in [0.15, 0.2) is 71.6 Å². The molecule has 2 N–H and O–H groups in total. The lowest BCUT2D eigenvalue weighted by Crippen LogP contribution is -2.35. The Kier molecular flexibility index (Phi) is 7.19. The maximum absolute atomic E-state index is 12.7. The Bertz CT molecular complexity index is 1150. The van der Waals surface area contributed by atoms with Crippen molar-refractivity contribution in [1.29, 1.82) is 0 Å². The fourth-order valence-corrected chi connectivity index (χ4v) is 4.54. The molecule has 6 nitrogen and oxygen atoms in total. The third-order valence-corrected chi connectivity index (χ3v) is 6.38. The van der Waals surface area contributed by atoms with Crippen LogP contribution in [0.4, 0.5) is 16.2 Å². The molecule has 3 amide bonds. The van der Waals surface area contributed by atoms with Crippen LogP contribution in [0, 0.1) is 6.92 Å². The monoisotopic (exact) mass is 461 g/mol. The van der Waals surface area contributed by atoms with Gasteiger partial charge in [0.25, 0.3) is 0 Å². The number of carbonyl (C=O) groups is 2. The van der Waals surface area contributed by atoms with Gasteiger partial charge in [0.1, 0.15) is 5.75 Å². The Labute approximate surface area is 198 Å². The molecule has 4 rings (SSSR count). The summed E-state index contributed by atoms with van der Waals surface area (Å²) in [5.41, 5.74) is 4.60. The Morgan fingerprint density at radius 2 is 1.88 bits per heavy atom. The molecule has 0 radical (unpaired) electrons. The average molecular weight is 462 g/mol. The number of anilines is 2. The van der Waals surface area contributed by atoms with Gasteiger partial charge in [0.05, 0.1) is 24.6 Å². The minimum absolute atomic E-state index is 0.0576. The number of aryl methyl sites for hydroxylation is 1. The lowest BCUT2D eigenvalue weighted by atomic mass is 10.1. The van der Waals surface area contributed by atoms with Gasteiger partial charge in [-0.1, -0.05) is 48.0 Å². The van der Waals surface area contributed by atoms with Crippen molar-refractivity contribution >= 4 is 35.1 Å². The van der Waals surface area contributed by atoms with Gasteiger partial charge < -0.3 is 20.3 Å². The SMILES string of the molecule is CCOc1ccccc1CNC(=O)Nc1ccc2c(c1)N(Cc1ccc(C)cc1)C(=O)CS2. The average Bonchev–Trinajstić information content (AvgIpc) is 2.82. The lowest BCUT2D eigenvalue weighted by Gasteiger charge is -2.29. The van der Waals surface area contributed by atoms with Crippen molar-refractivity contribution in [2.24, 2.45) is 0 Å². The normalized spacial score (nSPS) is 12.8. The quantitative estimate of drug-likeness (QED) is 0.497. The summed E-state index contributed by atoms with van der Waals surface area (Å²) < 4.78 is 5.62. The highest BCUT2D eigenvalue weighted by atomic mass is 32.2. The second kappa shape index (κ2) is 10.4. The molecule has 3 aromatic rings. The van der Waals surface area contributed by atoms with Crippen LogP contribution < -0.4 is 20.3 Å². The number of ether oxygens (including phenoxy) is 1. The van der Waals surface area contributed by atoms with Crippen LogP contribution in [0.3, 0.4) is 0 Å². The number of urea groups is 1. The molecule has 0 fully saturated rings. The van der Waals surface area contributed by atoms with Gasteiger partial charge in [-0.25, -0.2) is 4.79 Å². The molecule has 0 atom stereocenters. The van der Waals surface area contributed by atoms with Crippen LogP contribution >= 0.6 is 11.8 Å². The van der Waals surface area contributed by atoms with E-state index in [0.717, 1.165) is 27.5 Å². The number of benzene rings is 3. The maximum Gasteiger partial charge on any atom is 0.319 e. The number of carbonyl (C=O) groups excluding carboxylic acids is 2. The molecule has 0 aliphatic carbocycles. The molecule has 1 aliphatic heterocycles. The molecule has 0 unspecified atom stereocenters.